The largest absolute Gasteiger partial charge is 1.00 e. The maximum atomic E-state index is 10.2. The van der Waals surface area contributed by atoms with Crippen LogP contribution < -0.4 is 34.7 Å². The van der Waals surface area contributed by atoms with Crippen LogP contribution in [0.5, 0.6) is 0 Å². The van der Waals surface area contributed by atoms with Crippen molar-refractivity contribution in [2.75, 3.05) is 19.8 Å². The Kier molecular flexibility index (Phi) is 64.5. The van der Waals surface area contributed by atoms with Gasteiger partial charge in [0.15, 0.2) is 0 Å². The topological polar surface area (TPSA) is 101 Å². The molecule has 5 nitrogen and oxygen atoms in total. The monoisotopic (exact) mass is 360 g/mol. The summed E-state index contributed by atoms with van der Waals surface area (Å²) < 4.78 is 0. The summed E-state index contributed by atoms with van der Waals surface area (Å²) in [4.78, 5) is 10.2. The van der Waals surface area contributed by atoms with Gasteiger partial charge in [0.2, 0.25) is 0 Å². The maximum absolute atomic E-state index is 10.2. The predicted molar refractivity (Wildman–Crippen MR) is 95.5 cm³/mol. The molecule has 0 rings (SSSR count). The Morgan fingerprint density at radius 1 is 0.750 bits per heavy atom. The second-order valence-electron chi connectivity index (χ2n) is 4.89. The fourth-order valence-electron chi connectivity index (χ4n) is 1.59. The zero-order chi connectivity index (χ0) is 18.8. The van der Waals surface area contributed by atoms with Crippen molar-refractivity contribution >= 4 is 5.97 Å². The van der Waals surface area contributed by atoms with E-state index in [2.05, 4.69) is 6.92 Å². The number of hydrogen-bond acceptors (Lipinski definition) is 4. The molecule has 0 aliphatic heterocycles. The number of unbranched alkanes of at least 4 members (excludes halogenated alkanes) is 8. The van der Waals surface area contributed by atoms with Gasteiger partial charge in [-0.3, -0.25) is 4.79 Å². The van der Waals surface area contributed by atoms with Crippen molar-refractivity contribution in [2.24, 2.45) is 0 Å². The van der Waals surface area contributed by atoms with Gasteiger partial charge in [0.05, 0.1) is 0 Å². The van der Waals surface area contributed by atoms with Gasteiger partial charge in [0.1, 0.15) is 0 Å². The van der Waals surface area contributed by atoms with Crippen molar-refractivity contribution in [2.45, 2.75) is 91.9 Å². The third kappa shape index (κ3) is 79.1. The summed E-state index contributed by atoms with van der Waals surface area (Å²) in [6.45, 7) is 7.66. The van der Waals surface area contributed by atoms with Crippen LogP contribution in [0.25, 0.3) is 0 Å². The Morgan fingerprint density at radius 2 is 1.00 bits per heavy atom. The van der Waals surface area contributed by atoms with E-state index in [-0.39, 0.29) is 49.4 Å². The van der Waals surface area contributed by atoms with E-state index in [0.717, 1.165) is 12.8 Å². The molecule has 0 aromatic rings. The molecule has 0 amide bonds. The van der Waals surface area contributed by atoms with Crippen LogP contribution in [-0.2, 0) is 4.79 Å². The van der Waals surface area contributed by atoms with Crippen LogP contribution >= 0.6 is 0 Å². The van der Waals surface area contributed by atoms with Gasteiger partial charge in [-0.2, -0.15) is 0 Å². The summed E-state index contributed by atoms with van der Waals surface area (Å²) in [5.74, 6) is -0.659. The van der Waals surface area contributed by atoms with Crippen LogP contribution in [0.1, 0.15) is 91.9 Å². The summed E-state index contributed by atoms with van der Waals surface area (Å²) in [6, 6.07) is 0. The van der Waals surface area contributed by atoms with Crippen LogP contribution in [0.4, 0.5) is 0 Å². The van der Waals surface area contributed by atoms with Gasteiger partial charge < -0.3 is 20.4 Å². The van der Waals surface area contributed by atoms with E-state index in [1.165, 1.54) is 44.9 Å². The van der Waals surface area contributed by atoms with Gasteiger partial charge in [-0.15, -0.1) is 6.61 Å². The molecule has 0 aliphatic rings. The van der Waals surface area contributed by atoms with Crippen LogP contribution in [0.15, 0.2) is 0 Å². The van der Waals surface area contributed by atoms with E-state index in [4.69, 9.17) is 20.4 Å². The number of aliphatic hydroxyl groups is 2. The third-order valence-electron chi connectivity index (χ3n) is 2.49. The molecule has 0 bridgehead atoms. The van der Waals surface area contributed by atoms with Crippen LogP contribution in [0, 0.1) is 0 Å². The van der Waals surface area contributed by atoms with Crippen molar-refractivity contribution in [1.82, 2.24) is 0 Å². The Bertz CT molecular complexity index is 176. The number of carboxylic acids is 1. The molecule has 24 heavy (non-hydrogen) atoms. The first-order valence-electron chi connectivity index (χ1n) is 9.03. The number of aliphatic carboxylic acids is 1. The Morgan fingerprint density at radius 3 is 1.25 bits per heavy atom. The summed E-state index contributed by atoms with van der Waals surface area (Å²) in [5.41, 5.74) is 0. The fraction of sp³-hybridized carbons (Fsp3) is 0.944. The third-order valence-corrected chi connectivity index (χ3v) is 2.49. The van der Waals surface area contributed by atoms with Crippen molar-refractivity contribution in [3.63, 3.8) is 0 Å². The average molecular weight is 361 g/mol. The van der Waals surface area contributed by atoms with Crippen molar-refractivity contribution in [3.05, 3.63) is 0 Å². The normalized spacial score (nSPS) is 8.29. The van der Waals surface area contributed by atoms with E-state index in [0.29, 0.717) is 6.42 Å². The molecule has 0 unspecified atom stereocenters. The Hall–Kier alpha value is 0.350. The minimum absolute atomic E-state index is 0. The number of carbonyl (C=O) groups is 1. The van der Waals surface area contributed by atoms with E-state index in [9.17, 15) is 4.79 Å². The summed E-state index contributed by atoms with van der Waals surface area (Å²) in [6.07, 6.45) is 11.5. The zero-order valence-corrected chi connectivity index (χ0v) is 18.9. The van der Waals surface area contributed by atoms with Crippen LogP contribution in [-0.4, -0.2) is 41.1 Å². The summed E-state index contributed by atoms with van der Waals surface area (Å²) >= 11 is 0. The fourth-order valence-corrected chi connectivity index (χ4v) is 1.59. The molecular formula is C18H41NaO5. The molecule has 6 heteroatoms. The molecule has 0 fully saturated rings. The van der Waals surface area contributed by atoms with Crippen LogP contribution in [0.2, 0.25) is 0 Å². The molecule has 0 saturated heterocycles. The molecule has 0 radical (unpaired) electrons. The molecule has 0 saturated carbocycles. The number of hydrogen-bond donors (Lipinski definition) is 3. The van der Waals surface area contributed by atoms with E-state index < -0.39 is 5.97 Å². The van der Waals surface area contributed by atoms with Gasteiger partial charge in [-0.1, -0.05) is 65.2 Å². The number of carboxylic acid groups (broad SMARTS) is 1. The quantitative estimate of drug-likeness (QED) is 0.386. The van der Waals surface area contributed by atoms with Crippen molar-refractivity contribution in [3.8, 4) is 0 Å². The molecule has 3 N–H and O–H groups in total. The second kappa shape index (κ2) is 43.6. The van der Waals surface area contributed by atoms with E-state index in [1.54, 1.807) is 20.8 Å². The molecule has 0 atom stereocenters. The molecular weight excluding hydrogens is 319 g/mol. The Labute approximate surface area is 172 Å². The van der Waals surface area contributed by atoms with Gasteiger partial charge in [0.25, 0.3) is 0 Å². The van der Waals surface area contributed by atoms with Crippen molar-refractivity contribution in [1.29, 1.82) is 0 Å². The van der Waals surface area contributed by atoms with Gasteiger partial charge in [-0.05, 0) is 20.3 Å². The molecule has 0 spiro atoms. The molecule has 0 aliphatic carbocycles. The number of aliphatic hydroxyl groups excluding tert-OH is 2. The van der Waals surface area contributed by atoms with Gasteiger partial charge >= 0.3 is 35.5 Å². The minimum Gasteiger partial charge on any atom is -0.855 e. The van der Waals surface area contributed by atoms with E-state index in [1.807, 2.05) is 0 Å². The first kappa shape index (κ1) is 35.5. The van der Waals surface area contributed by atoms with Gasteiger partial charge in [-0.25, -0.2) is 0 Å². The molecule has 144 valence electrons. The summed E-state index contributed by atoms with van der Waals surface area (Å²) in [5, 5.41) is 32.5. The maximum Gasteiger partial charge on any atom is 1.00 e. The smallest absolute Gasteiger partial charge is 0.855 e. The average Bonchev–Trinajstić information content (AvgIpc) is 2.48. The minimum atomic E-state index is -0.659. The van der Waals surface area contributed by atoms with Crippen molar-refractivity contribution < 1.29 is 54.8 Å². The Balaban J connectivity index is -0.000000100. The standard InChI is InChI=1S/C12H24O2.2C2H6O.C2H5O.Na/c1-2-3-4-5-6-7-8-9-10-11-12(13)14;3*1-2-3;/h2-11H2,1H3,(H,13,14);2*3H,2H2,1H3;2H2,1H3;/q;;;-1;+1. The first-order valence-corrected chi connectivity index (χ1v) is 9.03. The molecule has 0 aromatic heterocycles. The zero-order valence-electron chi connectivity index (χ0n) is 16.9. The molecule has 0 aromatic carbocycles. The van der Waals surface area contributed by atoms with Crippen LogP contribution in [0.3, 0.4) is 0 Å². The summed E-state index contributed by atoms with van der Waals surface area (Å²) in [7, 11) is 0. The molecule has 0 heterocycles. The van der Waals surface area contributed by atoms with E-state index >= 15 is 0 Å². The first-order chi connectivity index (χ1) is 11.0. The second-order valence-corrected chi connectivity index (χ2v) is 4.89. The SMILES string of the molecule is CCCCCCCCCCCC(=O)O.CCO.CCO.CC[O-].[Na+]. The van der Waals surface area contributed by atoms with Gasteiger partial charge in [0, 0.05) is 19.6 Å². The predicted octanol–water partition coefficient (Wildman–Crippen LogP) is 0.360. The number of rotatable bonds is 10.